The number of nitrogens with zero attached hydrogens (tertiary/aromatic N) is 4. The number of aryl methyl sites for hydroxylation is 2. The normalized spacial score (nSPS) is 12.4. The Morgan fingerprint density at radius 2 is 1.89 bits per heavy atom. The number of benzene rings is 1. The van der Waals surface area contributed by atoms with E-state index in [0.717, 1.165) is 27.0 Å². The van der Waals surface area contributed by atoms with Crippen LogP contribution < -0.4 is 5.56 Å². The van der Waals surface area contributed by atoms with Crippen LogP contribution in [0.4, 0.5) is 0 Å². The molecule has 0 spiro atoms. The van der Waals surface area contributed by atoms with Gasteiger partial charge in [0.25, 0.3) is 5.56 Å². The molecule has 0 aliphatic carbocycles. The molecule has 0 aliphatic heterocycles. The maximum Gasteiger partial charge on any atom is 0.272 e. The van der Waals surface area contributed by atoms with Crippen LogP contribution in [-0.2, 0) is 4.79 Å². The summed E-state index contributed by atoms with van der Waals surface area (Å²) in [4.78, 5) is 37.7. The fourth-order valence-electron chi connectivity index (χ4n) is 3.47. The molecule has 0 fully saturated rings. The van der Waals surface area contributed by atoms with Crippen molar-refractivity contribution in [3.05, 3.63) is 69.9 Å². The molecule has 1 aromatic carbocycles. The van der Waals surface area contributed by atoms with Gasteiger partial charge in [-0.25, -0.2) is 9.97 Å². The molecule has 4 rings (SSSR count). The minimum atomic E-state index is -0.762. The van der Waals surface area contributed by atoms with Crippen molar-refractivity contribution in [2.45, 2.75) is 19.9 Å². The summed E-state index contributed by atoms with van der Waals surface area (Å²) in [5.41, 5.74) is 3.12. The van der Waals surface area contributed by atoms with Crippen LogP contribution in [0.15, 0.2) is 47.5 Å². The number of aromatic nitrogens is 3. The van der Waals surface area contributed by atoms with Gasteiger partial charge in [0.05, 0.1) is 11.8 Å². The SMILES string of the molecule is Cc1cc(C)c2c(n1)sc1c(=O)n([C@H](C(=O)N(C)C)c3ccccc3)cnc12. The van der Waals surface area contributed by atoms with E-state index in [0.29, 0.717) is 10.2 Å². The van der Waals surface area contributed by atoms with Gasteiger partial charge in [0.2, 0.25) is 5.91 Å². The number of rotatable bonds is 3. The molecule has 0 saturated heterocycles. The number of carbonyl (C=O) groups is 1. The maximum atomic E-state index is 13.4. The minimum absolute atomic E-state index is 0.180. The van der Waals surface area contributed by atoms with Crippen molar-refractivity contribution in [2.75, 3.05) is 14.1 Å². The predicted octanol–water partition coefficient (Wildman–Crippen LogP) is 3.30. The lowest BCUT2D eigenvalue weighted by Gasteiger charge is -2.22. The monoisotopic (exact) mass is 392 g/mol. The summed E-state index contributed by atoms with van der Waals surface area (Å²) < 4.78 is 1.95. The third-order valence-corrected chi connectivity index (χ3v) is 5.83. The van der Waals surface area contributed by atoms with Crippen molar-refractivity contribution < 1.29 is 4.79 Å². The second-order valence-corrected chi connectivity index (χ2v) is 8.04. The molecule has 3 aromatic heterocycles. The van der Waals surface area contributed by atoms with E-state index in [1.54, 1.807) is 14.1 Å². The Labute approximate surface area is 166 Å². The quantitative estimate of drug-likeness (QED) is 0.536. The van der Waals surface area contributed by atoms with Crippen LogP contribution >= 0.6 is 11.3 Å². The number of likely N-dealkylation sites (N-methyl/N-ethyl adjacent to an activating group) is 1. The molecular weight excluding hydrogens is 372 g/mol. The van der Waals surface area contributed by atoms with Crippen LogP contribution in [0, 0.1) is 13.8 Å². The zero-order chi connectivity index (χ0) is 20.0. The van der Waals surface area contributed by atoms with Crippen molar-refractivity contribution in [1.82, 2.24) is 19.4 Å². The molecule has 4 aromatic rings. The van der Waals surface area contributed by atoms with Crippen LogP contribution in [0.25, 0.3) is 20.4 Å². The van der Waals surface area contributed by atoms with Crippen LogP contribution in [-0.4, -0.2) is 39.4 Å². The fourth-order valence-corrected chi connectivity index (χ4v) is 4.65. The van der Waals surface area contributed by atoms with Gasteiger partial charge in [0, 0.05) is 25.2 Å². The first-order chi connectivity index (χ1) is 13.4. The van der Waals surface area contributed by atoms with Gasteiger partial charge in [-0.05, 0) is 31.0 Å². The third-order valence-electron chi connectivity index (χ3n) is 4.77. The molecule has 6 nitrogen and oxygen atoms in total. The van der Waals surface area contributed by atoms with Gasteiger partial charge in [-0.15, -0.1) is 11.3 Å². The summed E-state index contributed by atoms with van der Waals surface area (Å²) in [6.45, 7) is 3.93. The van der Waals surface area contributed by atoms with E-state index in [9.17, 15) is 9.59 Å². The topological polar surface area (TPSA) is 68.1 Å². The van der Waals surface area contributed by atoms with Gasteiger partial charge in [-0.2, -0.15) is 0 Å². The van der Waals surface area contributed by atoms with Gasteiger partial charge in [-0.3, -0.25) is 14.2 Å². The van der Waals surface area contributed by atoms with E-state index in [-0.39, 0.29) is 11.5 Å². The first-order valence-corrected chi connectivity index (χ1v) is 9.74. The first-order valence-electron chi connectivity index (χ1n) is 8.92. The van der Waals surface area contributed by atoms with E-state index in [1.165, 1.54) is 27.1 Å². The molecule has 0 unspecified atom stereocenters. The second kappa shape index (κ2) is 6.83. The van der Waals surface area contributed by atoms with Crippen molar-refractivity contribution in [2.24, 2.45) is 0 Å². The van der Waals surface area contributed by atoms with E-state index in [4.69, 9.17) is 0 Å². The largest absolute Gasteiger partial charge is 0.347 e. The van der Waals surface area contributed by atoms with E-state index < -0.39 is 6.04 Å². The highest BCUT2D eigenvalue weighted by molar-refractivity contribution is 7.25. The van der Waals surface area contributed by atoms with Gasteiger partial charge in [0.15, 0.2) is 0 Å². The van der Waals surface area contributed by atoms with Gasteiger partial charge in [0.1, 0.15) is 15.6 Å². The van der Waals surface area contributed by atoms with Crippen molar-refractivity contribution in [3.63, 3.8) is 0 Å². The van der Waals surface area contributed by atoms with Gasteiger partial charge < -0.3 is 4.90 Å². The number of amides is 1. The molecular formula is C21H20N4O2S. The predicted molar refractivity (Wildman–Crippen MR) is 112 cm³/mol. The lowest BCUT2D eigenvalue weighted by molar-refractivity contribution is -0.131. The molecule has 0 saturated carbocycles. The summed E-state index contributed by atoms with van der Waals surface area (Å²) in [7, 11) is 3.37. The lowest BCUT2D eigenvalue weighted by atomic mass is 10.1. The summed E-state index contributed by atoms with van der Waals surface area (Å²) in [5.74, 6) is -0.180. The highest BCUT2D eigenvalue weighted by Crippen LogP contribution is 2.32. The van der Waals surface area contributed by atoms with Crippen LogP contribution in [0.5, 0.6) is 0 Å². The zero-order valence-electron chi connectivity index (χ0n) is 16.1. The number of thiophene rings is 1. The minimum Gasteiger partial charge on any atom is -0.347 e. The average molecular weight is 392 g/mol. The Morgan fingerprint density at radius 1 is 1.18 bits per heavy atom. The van der Waals surface area contributed by atoms with Crippen molar-refractivity contribution in [3.8, 4) is 0 Å². The highest BCUT2D eigenvalue weighted by Gasteiger charge is 2.27. The fraction of sp³-hybridized carbons (Fsp3) is 0.238. The lowest BCUT2D eigenvalue weighted by Crippen LogP contribution is -2.37. The highest BCUT2D eigenvalue weighted by atomic mass is 32.1. The molecule has 7 heteroatoms. The number of hydrogen-bond acceptors (Lipinski definition) is 5. The van der Waals surface area contributed by atoms with Gasteiger partial charge >= 0.3 is 0 Å². The number of hydrogen-bond donors (Lipinski definition) is 0. The average Bonchev–Trinajstić information content (AvgIpc) is 3.04. The standard InChI is InChI=1S/C21H20N4O2S/c1-12-10-13(2)23-19-15(12)16-18(28-19)21(27)25(11-22-16)17(20(26)24(3)4)14-8-6-5-7-9-14/h5-11,17H,1-4H3/t17-/m0/s1. The van der Waals surface area contributed by atoms with Crippen molar-refractivity contribution in [1.29, 1.82) is 0 Å². The van der Waals surface area contributed by atoms with Crippen LogP contribution in [0.3, 0.4) is 0 Å². The third kappa shape index (κ3) is 2.88. The molecule has 1 atom stereocenters. The summed E-state index contributed by atoms with van der Waals surface area (Å²) in [5, 5.41) is 0.907. The molecule has 3 heterocycles. The zero-order valence-corrected chi connectivity index (χ0v) is 16.9. The molecule has 0 bridgehead atoms. The molecule has 142 valence electrons. The molecule has 1 amide bonds. The molecule has 28 heavy (non-hydrogen) atoms. The maximum absolute atomic E-state index is 13.4. The number of fused-ring (bicyclic) bond motifs is 3. The van der Waals surface area contributed by atoms with Crippen molar-refractivity contribution >= 4 is 37.7 Å². The number of carbonyl (C=O) groups excluding carboxylic acids is 1. The van der Waals surface area contributed by atoms with E-state index >= 15 is 0 Å². The Morgan fingerprint density at radius 3 is 2.57 bits per heavy atom. The smallest absolute Gasteiger partial charge is 0.272 e. The number of pyridine rings is 1. The second-order valence-electron chi connectivity index (χ2n) is 7.04. The summed E-state index contributed by atoms with van der Waals surface area (Å²) in [6, 6.07) is 10.5. The van der Waals surface area contributed by atoms with Crippen LogP contribution in [0.1, 0.15) is 22.9 Å². The molecule has 0 N–H and O–H groups in total. The Kier molecular flexibility index (Phi) is 4.47. The first kappa shape index (κ1) is 18.3. The molecule has 0 aliphatic rings. The Balaban J connectivity index is 2.00. The summed E-state index contributed by atoms with van der Waals surface area (Å²) in [6.07, 6.45) is 1.48. The van der Waals surface area contributed by atoms with Crippen LogP contribution in [0.2, 0.25) is 0 Å². The Hall–Kier alpha value is -3.06. The van der Waals surface area contributed by atoms with E-state index in [2.05, 4.69) is 9.97 Å². The molecule has 0 radical (unpaired) electrons. The van der Waals surface area contributed by atoms with E-state index in [1.807, 2.05) is 50.2 Å². The Bertz CT molecular complexity index is 1260. The summed E-state index contributed by atoms with van der Waals surface area (Å²) >= 11 is 1.33. The van der Waals surface area contributed by atoms with Gasteiger partial charge in [-0.1, -0.05) is 30.3 Å².